The Morgan fingerprint density at radius 3 is 2.64 bits per heavy atom. The lowest BCUT2D eigenvalue weighted by Gasteiger charge is -2.08. The molecule has 0 aliphatic carbocycles. The molecule has 0 aliphatic heterocycles. The Morgan fingerprint density at radius 2 is 1.93 bits per heavy atom. The number of methoxy groups -OCH3 is 1. The third-order valence-electron chi connectivity index (χ3n) is 2.11. The van der Waals surface area contributed by atoms with E-state index in [1.54, 1.807) is 7.11 Å². The molecule has 0 saturated carbocycles. The number of benzene rings is 2. The third kappa shape index (κ3) is 1.49. The van der Waals surface area contributed by atoms with Crippen LogP contribution in [0.15, 0.2) is 34.8 Å². The predicted molar refractivity (Wildman–Crippen MR) is 63.2 cm³/mol. The van der Waals surface area contributed by atoms with Crippen LogP contribution in [-0.4, -0.2) is 7.11 Å². The van der Waals surface area contributed by atoms with E-state index in [-0.39, 0.29) is 0 Å². The van der Waals surface area contributed by atoms with Crippen molar-refractivity contribution in [3.05, 3.63) is 39.8 Å². The quantitative estimate of drug-likeness (QED) is 0.753. The van der Waals surface area contributed by atoms with Gasteiger partial charge in [-0.3, -0.25) is 0 Å². The Labute approximate surface area is 95.8 Å². The maximum Gasteiger partial charge on any atom is 0.140 e. The van der Waals surface area contributed by atoms with E-state index < -0.39 is 0 Å². The van der Waals surface area contributed by atoms with Crippen molar-refractivity contribution in [1.29, 1.82) is 0 Å². The van der Waals surface area contributed by atoms with Gasteiger partial charge in [-0.2, -0.15) is 0 Å². The van der Waals surface area contributed by atoms with Crippen molar-refractivity contribution < 1.29 is 4.74 Å². The van der Waals surface area contributed by atoms with Crippen LogP contribution >= 0.6 is 27.5 Å². The number of halogens is 2. The predicted octanol–water partition coefficient (Wildman–Crippen LogP) is 4.26. The highest BCUT2D eigenvalue weighted by molar-refractivity contribution is 9.10. The average Bonchev–Trinajstić information content (AvgIpc) is 2.18. The summed E-state index contributed by atoms with van der Waals surface area (Å²) in [6.45, 7) is 0. The van der Waals surface area contributed by atoms with Crippen LogP contribution in [0.3, 0.4) is 0 Å². The van der Waals surface area contributed by atoms with Gasteiger partial charge in [0.1, 0.15) is 5.75 Å². The van der Waals surface area contributed by atoms with Crippen molar-refractivity contribution in [2.75, 3.05) is 7.11 Å². The molecule has 0 aromatic heterocycles. The molecule has 0 bridgehead atoms. The smallest absolute Gasteiger partial charge is 0.140 e. The first-order valence-corrected chi connectivity index (χ1v) is 5.32. The minimum Gasteiger partial charge on any atom is -0.495 e. The summed E-state index contributed by atoms with van der Waals surface area (Å²) in [7, 11) is 1.65. The summed E-state index contributed by atoms with van der Waals surface area (Å²) < 4.78 is 6.25. The summed E-state index contributed by atoms with van der Waals surface area (Å²) in [5.74, 6) is 0.824. The molecule has 0 saturated heterocycles. The topological polar surface area (TPSA) is 9.23 Å². The van der Waals surface area contributed by atoms with Crippen LogP contribution in [0.4, 0.5) is 0 Å². The Morgan fingerprint density at radius 1 is 1.14 bits per heavy atom. The van der Waals surface area contributed by atoms with Crippen LogP contribution < -0.4 is 4.74 Å². The number of ether oxygens (including phenoxy) is 1. The fraction of sp³-hybridized carbons (Fsp3) is 0.0909. The van der Waals surface area contributed by atoms with Crippen LogP contribution in [0.5, 0.6) is 5.75 Å². The molecular formula is C11H8BrClO. The first-order chi connectivity index (χ1) is 6.74. The molecule has 0 amide bonds. The number of hydrogen-bond donors (Lipinski definition) is 0. The molecule has 0 N–H and O–H groups in total. The normalized spacial score (nSPS) is 10.5. The van der Waals surface area contributed by atoms with Crippen LogP contribution in [0.1, 0.15) is 0 Å². The summed E-state index contributed by atoms with van der Waals surface area (Å²) in [4.78, 5) is 0. The molecule has 0 radical (unpaired) electrons. The molecule has 0 aliphatic rings. The summed E-state index contributed by atoms with van der Waals surface area (Å²) in [6, 6.07) is 9.69. The van der Waals surface area contributed by atoms with E-state index in [4.69, 9.17) is 16.3 Å². The Balaban J connectivity index is 2.88. The number of hydrogen-bond acceptors (Lipinski definition) is 1. The van der Waals surface area contributed by atoms with Gasteiger partial charge in [-0.25, -0.2) is 0 Å². The van der Waals surface area contributed by atoms with Crippen molar-refractivity contribution in [2.45, 2.75) is 0 Å². The van der Waals surface area contributed by atoms with Gasteiger partial charge in [0, 0.05) is 15.8 Å². The molecule has 1 nitrogen and oxygen atoms in total. The van der Waals surface area contributed by atoms with E-state index >= 15 is 0 Å². The average molecular weight is 272 g/mol. The minimum atomic E-state index is 0.744. The van der Waals surface area contributed by atoms with E-state index in [9.17, 15) is 0 Å². The molecule has 3 heteroatoms. The lowest BCUT2D eigenvalue weighted by atomic mass is 10.1. The molecule has 0 heterocycles. The van der Waals surface area contributed by atoms with Crippen molar-refractivity contribution in [1.82, 2.24) is 0 Å². The lowest BCUT2D eigenvalue weighted by molar-refractivity contribution is 0.417. The SMILES string of the molecule is COc1c(Br)ccc2c(Cl)cccc12. The second-order valence-electron chi connectivity index (χ2n) is 2.92. The fourth-order valence-electron chi connectivity index (χ4n) is 1.47. The third-order valence-corrected chi connectivity index (χ3v) is 3.07. The number of rotatable bonds is 1. The standard InChI is InChI=1S/C11H8BrClO/c1-14-11-8-3-2-4-10(13)7(8)5-6-9(11)12/h2-6H,1H3. The van der Waals surface area contributed by atoms with E-state index in [0.717, 1.165) is 26.0 Å². The zero-order valence-electron chi connectivity index (χ0n) is 7.55. The summed E-state index contributed by atoms with van der Waals surface area (Å²) in [5, 5.41) is 2.77. The molecule has 72 valence electrons. The van der Waals surface area contributed by atoms with Gasteiger partial charge in [0.25, 0.3) is 0 Å². The molecule has 0 spiro atoms. The van der Waals surface area contributed by atoms with Crippen molar-refractivity contribution in [2.24, 2.45) is 0 Å². The van der Waals surface area contributed by atoms with Gasteiger partial charge in [0.05, 0.1) is 11.6 Å². The molecule has 2 aromatic carbocycles. The van der Waals surface area contributed by atoms with Gasteiger partial charge in [0.2, 0.25) is 0 Å². The summed E-state index contributed by atoms with van der Waals surface area (Å²) >= 11 is 9.50. The van der Waals surface area contributed by atoms with Gasteiger partial charge >= 0.3 is 0 Å². The van der Waals surface area contributed by atoms with E-state index in [2.05, 4.69) is 15.9 Å². The van der Waals surface area contributed by atoms with E-state index in [1.807, 2.05) is 30.3 Å². The Bertz CT molecular complexity index is 482. The molecule has 0 fully saturated rings. The van der Waals surface area contributed by atoms with Crippen molar-refractivity contribution in [3.8, 4) is 5.75 Å². The zero-order valence-corrected chi connectivity index (χ0v) is 9.89. The lowest BCUT2D eigenvalue weighted by Crippen LogP contribution is -1.86. The number of fused-ring (bicyclic) bond motifs is 1. The fourth-order valence-corrected chi connectivity index (χ4v) is 2.22. The Hall–Kier alpha value is -0.730. The van der Waals surface area contributed by atoms with Crippen LogP contribution in [0, 0.1) is 0 Å². The molecule has 0 atom stereocenters. The van der Waals surface area contributed by atoms with Gasteiger partial charge in [-0.15, -0.1) is 0 Å². The molecule has 2 rings (SSSR count). The summed E-state index contributed by atoms with van der Waals surface area (Å²) in [5.41, 5.74) is 0. The first-order valence-electron chi connectivity index (χ1n) is 4.15. The maximum atomic E-state index is 6.07. The van der Waals surface area contributed by atoms with Gasteiger partial charge in [-0.1, -0.05) is 29.8 Å². The van der Waals surface area contributed by atoms with E-state index in [0.29, 0.717) is 0 Å². The van der Waals surface area contributed by atoms with Crippen LogP contribution in [-0.2, 0) is 0 Å². The second kappa shape index (κ2) is 3.79. The van der Waals surface area contributed by atoms with Gasteiger partial charge < -0.3 is 4.74 Å². The summed E-state index contributed by atoms with van der Waals surface area (Å²) in [6.07, 6.45) is 0. The highest BCUT2D eigenvalue weighted by Crippen LogP contribution is 2.36. The van der Waals surface area contributed by atoms with Gasteiger partial charge in [0.15, 0.2) is 0 Å². The maximum absolute atomic E-state index is 6.07. The van der Waals surface area contributed by atoms with Crippen LogP contribution in [0.25, 0.3) is 10.8 Å². The van der Waals surface area contributed by atoms with Crippen molar-refractivity contribution in [3.63, 3.8) is 0 Å². The molecular weight excluding hydrogens is 263 g/mol. The zero-order chi connectivity index (χ0) is 10.1. The molecule has 14 heavy (non-hydrogen) atoms. The largest absolute Gasteiger partial charge is 0.495 e. The van der Waals surface area contributed by atoms with Gasteiger partial charge in [-0.05, 0) is 28.1 Å². The minimum absolute atomic E-state index is 0.744. The van der Waals surface area contributed by atoms with E-state index in [1.165, 1.54) is 0 Å². The highest BCUT2D eigenvalue weighted by atomic mass is 79.9. The molecule has 0 unspecified atom stereocenters. The second-order valence-corrected chi connectivity index (χ2v) is 4.18. The monoisotopic (exact) mass is 270 g/mol. The van der Waals surface area contributed by atoms with Crippen molar-refractivity contribution >= 4 is 38.3 Å². The molecule has 2 aromatic rings. The Kier molecular flexibility index (Phi) is 2.66. The van der Waals surface area contributed by atoms with Crippen LogP contribution in [0.2, 0.25) is 5.02 Å². The first kappa shape index (κ1) is 9.81. The highest BCUT2D eigenvalue weighted by Gasteiger charge is 2.07.